The first-order valence-corrected chi connectivity index (χ1v) is 11.5. The van der Waals surface area contributed by atoms with Gasteiger partial charge in [0.25, 0.3) is 0 Å². The van der Waals surface area contributed by atoms with Gasteiger partial charge in [0.05, 0.1) is 6.61 Å². The average molecular weight is 465 g/mol. The highest BCUT2D eigenvalue weighted by atomic mass is 79.9. The minimum atomic E-state index is -0.113. The fraction of sp³-hybridized carbons (Fsp3) is 0.875. The number of esters is 1. The molecule has 0 aromatic rings. The van der Waals surface area contributed by atoms with Gasteiger partial charge in [-0.3, -0.25) is 0 Å². The zero-order chi connectivity index (χ0) is 19.5. The fourth-order valence-electron chi connectivity index (χ4n) is 3.45. The van der Waals surface area contributed by atoms with Crippen molar-refractivity contribution in [2.75, 3.05) is 6.61 Å². The summed E-state index contributed by atoms with van der Waals surface area (Å²) in [5, 5.41) is 0. The van der Waals surface area contributed by atoms with Crippen LogP contribution in [0.5, 0.6) is 0 Å². The fourth-order valence-corrected chi connectivity index (χ4v) is 3.45. The van der Waals surface area contributed by atoms with Gasteiger partial charge in [-0.1, -0.05) is 102 Å². The highest BCUT2D eigenvalue weighted by Gasteiger charge is 2.11. The van der Waals surface area contributed by atoms with Crippen molar-refractivity contribution in [3.8, 4) is 0 Å². The number of halogens is 1. The van der Waals surface area contributed by atoms with Gasteiger partial charge in [-0.25, -0.2) is 4.79 Å². The van der Waals surface area contributed by atoms with E-state index in [1.54, 1.807) is 0 Å². The van der Waals surface area contributed by atoms with Crippen molar-refractivity contribution < 1.29 is 9.53 Å². The van der Waals surface area contributed by atoms with Crippen LogP contribution in [0.1, 0.15) is 130 Å². The summed E-state index contributed by atoms with van der Waals surface area (Å²) in [6, 6.07) is 0. The molecule has 0 heterocycles. The molecular formula is C24H50BrNO2. The van der Waals surface area contributed by atoms with Crippen molar-refractivity contribution in [2.45, 2.75) is 130 Å². The van der Waals surface area contributed by atoms with Gasteiger partial charge in [-0.2, -0.15) is 0 Å². The van der Waals surface area contributed by atoms with Crippen molar-refractivity contribution in [2.24, 2.45) is 0 Å². The molecule has 0 spiro atoms. The van der Waals surface area contributed by atoms with Crippen LogP contribution in [0.2, 0.25) is 0 Å². The monoisotopic (exact) mass is 463 g/mol. The number of hydrogen-bond acceptors (Lipinski definition) is 3. The van der Waals surface area contributed by atoms with E-state index in [2.05, 4.69) is 6.92 Å². The van der Waals surface area contributed by atoms with Gasteiger partial charge in [0, 0.05) is 5.57 Å². The maximum Gasteiger partial charge on any atom is 0.333 e. The molecule has 0 aliphatic carbocycles. The Morgan fingerprint density at radius 3 is 1.32 bits per heavy atom. The Hall–Kier alpha value is -0.350. The number of hydrogen-bond donors (Lipinski definition) is 1. The minimum absolute atomic E-state index is 0. The molecule has 3 N–H and O–H groups in total. The van der Waals surface area contributed by atoms with Crippen LogP contribution in [-0.2, 0) is 9.53 Å². The zero-order valence-electron chi connectivity index (χ0n) is 19.5. The average Bonchev–Trinajstić information content (AvgIpc) is 2.61. The van der Waals surface area contributed by atoms with Gasteiger partial charge in [0.2, 0.25) is 0 Å². The SMILES string of the molecule is Br.CCCCCCCCCCCCCCCCCC(C(=O)OCC)=C(C)C.N. The lowest BCUT2D eigenvalue weighted by atomic mass is 10.0. The number of rotatable bonds is 18. The number of carbonyl (C=O) groups is 1. The standard InChI is InChI=1S/C24H46O2.BrH.H3N/c1-5-7-8-9-10-11-12-13-14-15-16-17-18-19-20-21-23(22(3)4)24(25)26-6-2;;/h5-21H2,1-4H3;1H;1H3. The second-order valence-electron chi connectivity index (χ2n) is 7.90. The quantitative estimate of drug-likeness (QED) is 0.125. The normalized spacial score (nSPS) is 10.0. The van der Waals surface area contributed by atoms with E-state index in [4.69, 9.17) is 4.74 Å². The van der Waals surface area contributed by atoms with E-state index >= 15 is 0 Å². The Bertz CT molecular complexity index is 366. The van der Waals surface area contributed by atoms with Crippen molar-refractivity contribution in [1.82, 2.24) is 6.15 Å². The molecule has 0 aromatic carbocycles. The van der Waals surface area contributed by atoms with Crippen LogP contribution in [0.3, 0.4) is 0 Å². The van der Waals surface area contributed by atoms with Crippen LogP contribution >= 0.6 is 17.0 Å². The van der Waals surface area contributed by atoms with E-state index in [9.17, 15) is 4.79 Å². The van der Waals surface area contributed by atoms with Crippen LogP contribution in [0.15, 0.2) is 11.1 Å². The summed E-state index contributed by atoms with van der Waals surface area (Å²) in [5.74, 6) is -0.113. The second kappa shape index (κ2) is 24.7. The molecule has 0 rings (SSSR count). The summed E-state index contributed by atoms with van der Waals surface area (Å²) in [7, 11) is 0. The minimum Gasteiger partial charge on any atom is -0.463 e. The van der Waals surface area contributed by atoms with Crippen molar-refractivity contribution >= 4 is 23.0 Å². The molecule has 0 saturated carbocycles. The predicted octanol–water partition coefficient (Wildman–Crippen LogP) is 8.89. The van der Waals surface area contributed by atoms with Crippen molar-refractivity contribution in [3.63, 3.8) is 0 Å². The molecule has 0 atom stereocenters. The molecule has 4 heteroatoms. The van der Waals surface area contributed by atoms with Crippen molar-refractivity contribution in [1.29, 1.82) is 0 Å². The Kier molecular flexibility index (Phi) is 28.5. The maximum atomic E-state index is 11.9. The van der Waals surface area contributed by atoms with Crippen LogP contribution in [0.4, 0.5) is 0 Å². The molecule has 0 radical (unpaired) electrons. The molecule has 28 heavy (non-hydrogen) atoms. The first kappa shape index (κ1) is 32.3. The van der Waals surface area contributed by atoms with E-state index < -0.39 is 0 Å². The molecule has 0 unspecified atom stereocenters. The zero-order valence-corrected chi connectivity index (χ0v) is 21.2. The van der Waals surface area contributed by atoms with Crippen LogP contribution in [0, 0.1) is 0 Å². The third-order valence-electron chi connectivity index (χ3n) is 5.16. The van der Waals surface area contributed by atoms with Gasteiger partial charge in [-0.05, 0) is 33.6 Å². The van der Waals surface area contributed by atoms with Gasteiger partial charge in [0.1, 0.15) is 0 Å². The van der Waals surface area contributed by atoms with Crippen molar-refractivity contribution in [3.05, 3.63) is 11.1 Å². The van der Waals surface area contributed by atoms with E-state index in [1.165, 1.54) is 89.9 Å². The molecule has 0 saturated heterocycles. The summed E-state index contributed by atoms with van der Waals surface area (Å²) in [6.45, 7) is 8.64. The van der Waals surface area contributed by atoms with E-state index in [1.807, 2.05) is 20.8 Å². The lowest BCUT2D eigenvalue weighted by Gasteiger charge is -2.09. The Labute approximate surface area is 186 Å². The van der Waals surface area contributed by atoms with E-state index in [-0.39, 0.29) is 29.1 Å². The molecule has 0 fully saturated rings. The number of carbonyl (C=O) groups excluding carboxylic acids is 1. The third kappa shape index (κ3) is 20.4. The number of allylic oxidation sites excluding steroid dienone is 1. The summed E-state index contributed by atoms with van der Waals surface area (Å²) in [4.78, 5) is 11.9. The third-order valence-corrected chi connectivity index (χ3v) is 5.16. The highest BCUT2D eigenvalue weighted by molar-refractivity contribution is 8.93. The lowest BCUT2D eigenvalue weighted by molar-refractivity contribution is -0.138. The molecule has 0 bridgehead atoms. The van der Waals surface area contributed by atoms with E-state index in [0.717, 1.165) is 24.0 Å². The lowest BCUT2D eigenvalue weighted by Crippen LogP contribution is -2.09. The van der Waals surface area contributed by atoms with E-state index in [0.29, 0.717) is 6.61 Å². The first-order chi connectivity index (χ1) is 12.6. The molecular weight excluding hydrogens is 414 g/mol. The Morgan fingerprint density at radius 1 is 0.643 bits per heavy atom. The van der Waals surface area contributed by atoms with Gasteiger partial charge in [0.15, 0.2) is 0 Å². The van der Waals surface area contributed by atoms with Crippen LogP contribution in [-0.4, -0.2) is 12.6 Å². The summed E-state index contributed by atoms with van der Waals surface area (Å²) >= 11 is 0. The van der Waals surface area contributed by atoms with Gasteiger partial charge in [-0.15, -0.1) is 17.0 Å². The molecule has 3 nitrogen and oxygen atoms in total. The van der Waals surface area contributed by atoms with Gasteiger partial charge < -0.3 is 10.9 Å². The van der Waals surface area contributed by atoms with Gasteiger partial charge >= 0.3 is 5.97 Å². The largest absolute Gasteiger partial charge is 0.463 e. The summed E-state index contributed by atoms with van der Waals surface area (Å²) < 4.78 is 5.14. The summed E-state index contributed by atoms with van der Waals surface area (Å²) in [6.07, 6.45) is 21.5. The molecule has 0 aliphatic heterocycles. The molecule has 0 amide bonds. The highest BCUT2D eigenvalue weighted by Crippen LogP contribution is 2.17. The van der Waals surface area contributed by atoms with Crippen LogP contribution < -0.4 is 6.15 Å². The molecule has 0 aromatic heterocycles. The summed E-state index contributed by atoms with van der Waals surface area (Å²) in [5.41, 5.74) is 2.00. The molecule has 0 aliphatic rings. The number of ether oxygens (including phenoxy) is 1. The number of unbranched alkanes of at least 4 members (excludes halogenated alkanes) is 14. The smallest absolute Gasteiger partial charge is 0.333 e. The topological polar surface area (TPSA) is 61.3 Å². The second-order valence-corrected chi connectivity index (χ2v) is 7.90. The van der Waals surface area contributed by atoms with Crippen LogP contribution in [0.25, 0.3) is 0 Å². The maximum absolute atomic E-state index is 11.9. The first-order valence-electron chi connectivity index (χ1n) is 11.5. The Morgan fingerprint density at radius 2 is 1.00 bits per heavy atom. The molecule has 170 valence electrons. The Balaban J connectivity index is -0.00000312. The predicted molar refractivity (Wildman–Crippen MR) is 130 cm³/mol.